The van der Waals surface area contributed by atoms with E-state index in [1.807, 2.05) is 0 Å². The van der Waals surface area contributed by atoms with E-state index < -0.39 is 0 Å². The van der Waals surface area contributed by atoms with Crippen molar-refractivity contribution in [3.05, 3.63) is 47.2 Å². The molecular weight excluding hydrogens is 278 g/mol. The van der Waals surface area contributed by atoms with Gasteiger partial charge in [0.15, 0.2) is 0 Å². The number of rotatable bonds is 4. The number of furan rings is 1. The second kappa shape index (κ2) is 5.30. The zero-order valence-corrected chi connectivity index (χ0v) is 11.4. The molecule has 0 atom stereocenters. The fraction of sp³-hybridized carbons (Fsp3) is 0.154. The molecule has 3 rings (SSSR count). The van der Waals surface area contributed by atoms with Crippen LogP contribution in [-0.2, 0) is 6.54 Å². The monoisotopic (exact) mass is 289 g/mol. The van der Waals surface area contributed by atoms with Crippen molar-refractivity contribution >= 4 is 17.2 Å². The number of carbonyl (C=O) groups excluding carboxylic acids is 1. The lowest BCUT2D eigenvalue weighted by Gasteiger charge is -2.00. The number of nitrogens with zero attached hydrogens (tertiary/aromatic N) is 2. The zero-order chi connectivity index (χ0) is 13.9. The third-order valence-corrected chi connectivity index (χ3v) is 3.69. The molecule has 0 unspecified atom stereocenters. The highest BCUT2D eigenvalue weighted by molar-refractivity contribution is 7.13. The molecule has 0 aromatic carbocycles. The Hall–Kier alpha value is -2.41. The van der Waals surface area contributed by atoms with Gasteiger partial charge in [-0.25, -0.2) is 4.98 Å². The van der Waals surface area contributed by atoms with Crippen LogP contribution in [0.25, 0.3) is 10.6 Å². The van der Waals surface area contributed by atoms with Crippen molar-refractivity contribution in [3.8, 4) is 10.6 Å². The number of carbonyl (C=O) groups is 1. The van der Waals surface area contributed by atoms with E-state index in [0.29, 0.717) is 18.0 Å². The molecule has 7 heteroatoms. The van der Waals surface area contributed by atoms with Crippen molar-refractivity contribution in [1.29, 1.82) is 0 Å². The smallest absolute Gasteiger partial charge is 0.271 e. The summed E-state index contributed by atoms with van der Waals surface area (Å²) in [5.74, 6) is 0.472. The molecule has 0 aliphatic heterocycles. The van der Waals surface area contributed by atoms with E-state index in [0.717, 1.165) is 16.1 Å². The molecule has 3 heterocycles. The summed E-state index contributed by atoms with van der Waals surface area (Å²) in [7, 11) is 0. The topological polar surface area (TPSA) is 81.2 Å². The molecule has 3 aromatic rings. The highest BCUT2D eigenvalue weighted by atomic mass is 32.1. The van der Waals surface area contributed by atoms with E-state index in [9.17, 15) is 4.79 Å². The molecule has 1 amide bonds. The SMILES string of the molecule is Cc1oncc1CNC(=O)c1csc(-c2ccoc2)n1. The van der Waals surface area contributed by atoms with Crippen LogP contribution in [0.5, 0.6) is 0 Å². The number of hydrogen-bond acceptors (Lipinski definition) is 6. The quantitative estimate of drug-likeness (QED) is 0.798. The van der Waals surface area contributed by atoms with E-state index in [2.05, 4.69) is 15.5 Å². The summed E-state index contributed by atoms with van der Waals surface area (Å²) in [6.45, 7) is 2.17. The van der Waals surface area contributed by atoms with E-state index >= 15 is 0 Å². The Balaban J connectivity index is 1.67. The van der Waals surface area contributed by atoms with E-state index in [1.54, 1.807) is 37.1 Å². The molecule has 0 radical (unpaired) electrons. The minimum atomic E-state index is -0.225. The van der Waals surface area contributed by atoms with Gasteiger partial charge >= 0.3 is 0 Å². The maximum atomic E-state index is 12.0. The van der Waals surface area contributed by atoms with Gasteiger partial charge in [-0.1, -0.05) is 5.16 Å². The van der Waals surface area contributed by atoms with Gasteiger partial charge < -0.3 is 14.3 Å². The predicted molar refractivity (Wildman–Crippen MR) is 72.2 cm³/mol. The minimum Gasteiger partial charge on any atom is -0.472 e. The summed E-state index contributed by atoms with van der Waals surface area (Å²) >= 11 is 1.40. The van der Waals surface area contributed by atoms with Crippen molar-refractivity contribution in [3.63, 3.8) is 0 Å². The summed E-state index contributed by atoms with van der Waals surface area (Å²) in [6.07, 6.45) is 4.76. The standard InChI is InChI=1S/C13H11N3O3S/c1-8-10(5-15-19-8)4-14-12(17)11-7-20-13(16-11)9-2-3-18-6-9/h2-3,5-7H,4H2,1H3,(H,14,17). The normalized spacial score (nSPS) is 10.7. The van der Waals surface area contributed by atoms with Gasteiger partial charge in [0.1, 0.15) is 22.7 Å². The molecule has 0 spiro atoms. The van der Waals surface area contributed by atoms with Gasteiger partial charge in [-0.2, -0.15) is 0 Å². The van der Waals surface area contributed by atoms with Gasteiger partial charge in [-0.15, -0.1) is 11.3 Å². The molecule has 0 saturated heterocycles. The number of amides is 1. The van der Waals surface area contributed by atoms with E-state index in [-0.39, 0.29) is 5.91 Å². The predicted octanol–water partition coefficient (Wildman–Crippen LogP) is 2.63. The van der Waals surface area contributed by atoms with Gasteiger partial charge in [0.2, 0.25) is 0 Å². The van der Waals surface area contributed by atoms with E-state index in [4.69, 9.17) is 8.94 Å². The Kier molecular flexibility index (Phi) is 3.34. The first kappa shape index (κ1) is 12.6. The van der Waals surface area contributed by atoms with Crippen molar-refractivity contribution < 1.29 is 13.7 Å². The Morgan fingerprint density at radius 2 is 2.40 bits per heavy atom. The molecule has 0 bridgehead atoms. The number of aryl methyl sites for hydroxylation is 1. The Labute approximate surface area is 118 Å². The largest absolute Gasteiger partial charge is 0.472 e. The average Bonchev–Trinajstić information content (AvgIpc) is 3.17. The first-order chi connectivity index (χ1) is 9.74. The first-order valence-corrected chi connectivity index (χ1v) is 6.78. The highest BCUT2D eigenvalue weighted by Crippen LogP contribution is 2.23. The number of aromatic nitrogens is 2. The van der Waals surface area contributed by atoms with Crippen LogP contribution in [0.3, 0.4) is 0 Å². The summed E-state index contributed by atoms with van der Waals surface area (Å²) in [5, 5.41) is 8.92. The molecular formula is C13H11N3O3S. The third-order valence-electron chi connectivity index (χ3n) is 2.79. The maximum Gasteiger partial charge on any atom is 0.271 e. The van der Waals surface area contributed by atoms with Crippen LogP contribution in [0, 0.1) is 6.92 Å². The summed E-state index contributed by atoms with van der Waals surface area (Å²) in [6, 6.07) is 1.81. The van der Waals surface area contributed by atoms with Gasteiger partial charge in [-0.05, 0) is 13.0 Å². The van der Waals surface area contributed by atoms with E-state index in [1.165, 1.54) is 11.3 Å². The summed E-state index contributed by atoms with van der Waals surface area (Å²) in [5.41, 5.74) is 2.10. The summed E-state index contributed by atoms with van der Waals surface area (Å²) < 4.78 is 9.93. The van der Waals surface area contributed by atoms with Crippen molar-refractivity contribution in [2.75, 3.05) is 0 Å². The molecule has 3 aromatic heterocycles. The lowest BCUT2D eigenvalue weighted by atomic mass is 10.3. The van der Waals surface area contributed by atoms with Crippen molar-refractivity contribution in [1.82, 2.24) is 15.5 Å². The molecule has 102 valence electrons. The fourth-order valence-electron chi connectivity index (χ4n) is 1.65. The second-order valence-corrected chi connectivity index (χ2v) is 5.00. The highest BCUT2D eigenvalue weighted by Gasteiger charge is 2.13. The molecule has 6 nitrogen and oxygen atoms in total. The van der Waals surface area contributed by atoms with Crippen LogP contribution >= 0.6 is 11.3 Å². The molecule has 1 N–H and O–H groups in total. The van der Waals surface area contributed by atoms with Crippen LogP contribution in [0.1, 0.15) is 21.8 Å². The van der Waals surface area contributed by atoms with Crippen molar-refractivity contribution in [2.45, 2.75) is 13.5 Å². The Bertz CT molecular complexity index is 715. The van der Waals surface area contributed by atoms with Crippen LogP contribution in [-0.4, -0.2) is 16.0 Å². The Morgan fingerprint density at radius 3 is 3.10 bits per heavy atom. The number of thiazole rings is 1. The van der Waals surface area contributed by atoms with Gasteiger partial charge in [0.25, 0.3) is 5.91 Å². The van der Waals surface area contributed by atoms with Crippen LogP contribution in [0.15, 0.2) is 39.1 Å². The van der Waals surface area contributed by atoms with Gasteiger partial charge in [0.05, 0.1) is 12.5 Å². The van der Waals surface area contributed by atoms with Crippen LogP contribution in [0.2, 0.25) is 0 Å². The van der Waals surface area contributed by atoms with Crippen LogP contribution < -0.4 is 5.32 Å². The average molecular weight is 289 g/mol. The zero-order valence-electron chi connectivity index (χ0n) is 10.6. The van der Waals surface area contributed by atoms with Gasteiger partial charge in [0, 0.05) is 23.1 Å². The molecule has 0 saturated carbocycles. The summed E-state index contributed by atoms with van der Waals surface area (Å²) in [4.78, 5) is 16.3. The lowest BCUT2D eigenvalue weighted by molar-refractivity contribution is 0.0946. The molecule has 20 heavy (non-hydrogen) atoms. The van der Waals surface area contributed by atoms with Crippen molar-refractivity contribution in [2.24, 2.45) is 0 Å². The lowest BCUT2D eigenvalue weighted by Crippen LogP contribution is -2.23. The number of hydrogen-bond donors (Lipinski definition) is 1. The maximum absolute atomic E-state index is 12.0. The number of nitrogens with one attached hydrogen (secondary N) is 1. The minimum absolute atomic E-state index is 0.225. The second-order valence-electron chi connectivity index (χ2n) is 4.14. The molecule has 0 aliphatic rings. The fourth-order valence-corrected chi connectivity index (χ4v) is 2.44. The van der Waals surface area contributed by atoms with Gasteiger partial charge in [-0.3, -0.25) is 4.79 Å². The third kappa shape index (κ3) is 2.48. The molecule has 0 fully saturated rings. The van der Waals surface area contributed by atoms with Crippen LogP contribution in [0.4, 0.5) is 0 Å². The molecule has 0 aliphatic carbocycles. The first-order valence-electron chi connectivity index (χ1n) is 5.90. The Morgan fingerprint density at radius 1 is 1.50 bits per heavy atom.